The van der Waals surface area contributed by atoms with Crippen LogP contribution in [0, 0.1) is 0 Å². The van der Waals surface area contributed by atoms with Gasteiger partial charge >= 0.3 is 0 Å². The molecule has 150 valence electrons. The predicted octanol–water partition coefficient (Wildman–Crippen LogP) is 1.62. The molecule has 0 radical (unpaired) electrons. The number of ether oxygens (including phenoxy) is 1. The van der Waals surface area contributed by atoms with Crippen LogP contribution in [0.1, 0.15) is 47.0 Å². The maximum Gasteiger partial charge on any atom is 0.251 e. The highest BCUT2D eigenvalue weighted by atomic mass is 32.2. The molecule has 2 amide bonds. The van der Waals surface area contributed by atoms with Crippen molar-refractivity contribution >= 4 is 39.9 Å². The smallest absolute Gasteiger partial charge is 0.251 e. The zero-order chi connectivity index (χ0) is 19.7. The van der Waals surface area contributed by atoms with E-state index in [4.69, 9.17) is 10.5 Å². The molecule has 0 bridgehead atoms. The summed E-state index contributed by atoms with van der Waals surface area (Å²) in [4.78, 5) is 25.8. The monoisotopic (exact) mass is 422 g/mol. The van der Waals surface area contributed by atoms with Gasteiger partial charge in [0, 0.05) is 11.5 Å². The number of primary amides is 1. The predicted molar refractivity (Wildman–Crippen MR) is 106 cm³/mol. The lowest BCUT2D eigenvalue weighted by molar-refractivity contribution is -0.115. The molecule has 1 aliphatic carbocycles. The van der Waals surface area contributed by atoms with E-state index in [0.717, 1.165) is 49.2 Å². The van der Waals surface area contributed by atoms with Crippen molar-refractivity contribution in [1.29, 1.82) is 0 Å². The van der Waals surface area contributed by atoms with E-state index in [-0.39, 0.29) is 12.0 Å². The van der Waals surface area contributed by atoms with E-state index in [1.54, 1.807) is 11.6 Å². The lowest BCUT2D eigenvalue weighted by atomic mass is 10.1. The summed E-state index contributed by atoms with van der Waals surface area (Å²) in [7, 11) is 0. The summed E-state index contributed by atoms with van der Waals surface area (Å²) in [5.41, 5.74) is 7.02. The minimum atomic E-state index is -0.490. The molecule has 0 unspecified atom stereocenters. The van der Waals surface area contributed by atoms with Crippen molar-refractivity contribution in [2.75, 3.05) is 11.9 Å². The summed E-state index contributed by atoms with van der Waals surface area (Å²) in [6.45, 7) is 3.13. The summed E-state index contributed by atoms with van der Waals surface area (Å²) in [6, 6.07) is 0. The number of tetrazole rings is 1. The number of carbonyl (C=O) groups is 2. The second-order valence-electron chi connectivity index (χ2n) is 6.95. The molecule has 2 atom stereocenters. The summed E-state index contributed by atoms with van der Waals surface area (Å²) in [6.07, 6.45) is 4.93. The van der Waals surface area contributed by atoms with Gasteiger partial charge in [0.25, 0.3) is 5.91 Å². The van der Waals surface area contributed by atoms with Crippen LogP contribution in [0.4, 0.5) is 5.00 Å². The summed E-state index contributed by atoms with van der Waals surface area (Å²) < 4.78 is 7.31. The molecular weight excluding hydrogens is 400 g/mol. The van der Waals surface area contributed by atoms with Gasteiger partial charge in [-0.05, 0) is 55.0 Å². The standard InChI is InChI=1S/C17H22N6O3S2/c1-9(27-17-20-21-22-23(17)8-10-4-3-7-26-10)15(25)19-16-13(14(18)24)11-5-2-6-12(11)28-16/h9-10H,2-8H2,1H3,(H2,18,24)(H,19,25)/t9-,10-/m0/s1. The van der Waals surface area contributed by atoms with E-state index in [1.807, 2.05) is 0 Å². The van der Waals surface area contributed by atoms with Crippen LogP contribution in [0.25, 0.3) is 0 Å². The van der Waals surface area contributed by atoms with E-state index < -0.39 is 11.2 Å². The second kappa shape index (κ2) is 8.18. The Morgan fingerprint density at radius 3 is 3.04 bits per heavy atom. The average Bonchev–Trinajstić information content (AvgIpc) is 3.40. The molecule has 3 heterocycles. The van der Waals surface area contributed by atoms with Crippen molar-refractivity contribution in [2.24, 2.45) is 5.73 Å². The number of thioether (sulfide) groups is 1. The molecule has 9 nitrogen and oxygen atoms in total. The molecule has 1 aliphatic heterocycles. The Bertz CT molecular complexity index is 890. The molecule has 0 aromatic carbocycles. The van der Waals surface area contributed by atoms with Gasteiger partial charge in [0.05, 0.1) is 23.5 Å². The molecule has 2 aromatic rings. The molecule has 0 spiro atoms. The van der Waals surface area contributed by atoms with Gasteiger partial charge < -0.3 is 15.8 Å². The molecule has 4 rings (SSSR count). The average molecular weight is 423 g/mol. The Morgan fingerprint density at radius 1 is 1.43 bits per heavy atom. The third-order valence-electron chi connectivity index (χ3n) is 4.96. The van der Waals surface area contributed by atoms with Gasteiger partial charge in [0.1, 0.15) is 5.00 Å². The van der Waals surface area contributed by atoms with E-state index in [1.165, 1.54) is 23.1 Å². The number of nitrogens with zero attached hydrogens (tertiary/aromatic N) is 4. The minimum absolute atomic E-state index is 0.110. The van der Waals surface area contributed by atoms with Crippen LogP contribution >= 0.6 is 23.1 Å². The fourth-order valence-corrected chi connectivity index (χ4v) is 5.65. The normalized spacial score (nSPS) is 19.5. The fraction of sp³-hybridized carbons (Fsp3) is 0.588. The number of hydrogen-bond acceptors (Lipinski definition) is 8. The Kier molecular flexibility index (Phi) is 5.65. The molecule has 28 heavy (non-hydrogen) atoms. The number of hydrogen-bond donors (Lipinski definition) is 2. The molecule has 11 heteroatoms. The first kappa shape index (κ1) is 19.3. The van der Waals surface area contributed by atoms with E-state index in [9.17, 15) is 9.59 Å². The van der Waals surface area contributed by atoms with Crippen LogP contribution in [-0.4, -0.2) is 50.0 Å². The number of nitrogens with one attached hydrogen (secondary N) is 1. The number of thiophene rings is 1. The quantitative estimate of drug-likeness (QED) is 0.650. The molecule has 1 saturated heterocycles. The fourth-order valence-electron chi connectivity index (χ4n) is 3.55. The highest BCUT2D eigenvalue weighted by Gasteiger charge is 2.28. The number of amides is 2. The first-order valence-corrected chi connectivity index (χ1v) is 11.0. The highest BCUT2D eigenvalue weighted by molar-refractivity contribution is 8.00. The zero-order valence-electron chi connectivity index (χ0n) is 15.5. The Morgan fingerprint density at radius 2 is 2.29 bits per heavy atom. The van der Waals surface area contributed by atoms with Crippen LogP contribution < -0.4 is 11.1 Å². The third kappa shape index (κ3) is 3.91. The van der Waals surface area contributed by atoms with Crippen molar-refractivity contribution in [3.05, 3.63) is 16.0 Å². The van der Waals surface area contributed by atoms with Gasteiger partial charge in [-0.25, -0.2) is 4.68 Å². The molecule has 1 fully saturated rings. The van der Waals surface area contributed by atoms with Crippen LogP contribution in [0.3, 0.4) is 0 Å². The lowest BCUT2D eigenvalue weighted by Gasteiger charge is -2.13. The minimum Gasteiger partial charge on any atom is -0.376 e. The molecule has 0 saturated carbocycles. The highest BCUT2D eigenvalue weighted by Crippen LogP contribution is 2.39. The SMILES string of the molecule is C[C@H](Sc1nnnn1C[C@@H]1CCCO1)C(=O)Nc1sc2c(c1C(N)=O)CCC2. The number of nitrogens with two attached hydrogens (primary N) is 1. The van der Waals surface area contributed by atoms with Crippen LogP contribution in [0.15, 0.2) is 5.16 Å². The number of aromatic nitrogens is 4. The zero-order valence-corrected chi connectivity index (χ0v) is 17.1. The van der Waals surface area contributed by atoms with Crippen LogP contribution in [-0.2, 0) is 28.9 Å². The summed E-state index contributed by atoms with van der Waals surface area (Å²) in [5, 5.41) is 15.3. The first-order valence-electron chi connectivity index (χ1n) is 9.32. The van der Waals surface area contributed by atoms with Crippen molar-refractivity contribution in [2.45, 2.75) is 62.1 Å². The molecule has 2 aromatic heterocycles. The van der Waals surface area contributed by atoms with Gasteiger partial charge in [0.2, 0.25) is 11.1 Å². The van der Waals surface area contributed by atoms with Gasteiger partial charge in [-0.2, -0.15) is 0 Å². The van der Waals surface area contributed by atoms with Crippen molar-refractivity contribution in [1.82, 2.24) is 20.2 Å². The second-order valence-corrected chi connectivity index (χ2v) is 9.37. The third-order valence-corrected chi connectivity index (χ3v) is 7.23. The van der Waals surface area contributed by atoms with Gasteiger partial charge in [-0.3, -0.25) is 9.59 Å². The number of fused-ring (bicyclic) bond motifs is 1. The van der Waals surface area contributed by atoms with Crippen molar-refractivity contribution < 1.29 is 14.3 Å². The lowest BCUT2D eigenvalue weighted by Crippen LogP contribution is -2.25. The summed E-state index contributed by atoms with van der Waals surface area (Å²) >= 11 is 2.73. The van der Waals surface area contributed by atoms with Crippen molar-refractivity contribution in [3.63, 3.8) is 0 Å². The molecule has 3 N–H and O–H groups in total. The topological polar surface area (TPSA) is 125 Å². The van der Waals surface area contributed by atoms with E-state index in [2.05, 4.69) is 20.8 Å². The Labute approximate surface area is 170 Å². The van der Waals surface area contributed by atoms with E-state index >= 15 is 0 Å². The van der Waals surface area contributed by atoms with Crippen molar-refractivity contribution in [3.8, 4) is 0 Å². The molecule has 2 aliphatic rings. The largest absolute Gasteiger partial charge is 0.376 e. The number of aryl methyl sites for hydroxylation is 1. The first-order chi connectivity index (χ1) is 13.5. The number of carbonyl (C=O) groups excluding carboxylic acids is 2. The number of rotatable bonds is 7. The number of anilines is 1. The Hall–Kier alpha value is -1.98. The molecular formula is C17H22N6O3S2. The van der Waals surface area contributed by atoms with Gasteiger partial charge in [-0.15, -0.1) is 16.4 Å². The maximum atomic E-state index is 12.7. The summed E-state index contributed by atoms with van der Waals surface area (Å²) in [5.74, 6) is -0.699. The van der Waals surface area contributed by atoms with Gasteiger partial charge in [-0.1, -0.05) is 11.8 Å². The van der Waals surface area contributed by atoms with Crippen LogP contribution in [0.2, 0.25) is 0 Å². The van der Waals surface area contributed by atoms with E-state index in [0.29, 0.717) is 22.3 Å². The van der Waals surface area contributed by atoms with Gasteiger partial charge in [0.15, 0.2) is 0 Å². The van der Waals surface area contributed by atoms with Crippen LogP contribution in [0.5, 0.6) is 0 Å². The maximum absolute atomic E-state index is 12.7. The Balaban J connectivity index is 1.42.